The van der Waals surface area contributed by atoms with E-state index in [1.807, 2.05) is 20.8 Å². The third-order valence-electron chi connectivity index (χ3n) is 4.99. The summed E-state index contributed by atoms with van der Waals surface area (Å²) in [6.07, 6.45) is 0.804. The molecule has 1 saturated heterocycles. The standard InChI is InChI=1S/C20H27N3O5/c1-20(2,3)28-19(26)22-10-8-13(9-11-22)23-15-7-6-14(27-5)12-16(15)21(4)17(24)18(23)25/h6-7,12-13H,8-11H2,1-5H3. The van der Waals surface area contributed by atoms with Crippen LogP contribution >= 0.6 is 0 Å². The van der Waals surface area contributed by atoms with Gasteiger partial charge < -0.3 is 18.9 Å². The number of nitrogens with zero attached hydrogens (tertiary/aromatic N) is 3. The first kappa shape index (κ1) is 20.0. The van der Waals surface area contributed by atoms with E-state index in [-0.39, 0.29) is 12.1 Å². The lowest BCUT2D eigenvalue weighted by atomic mass is 10.0. The van der Waals surface area contributed by atoms with Crippen molar-refractivity contribution < 1.29 is 14.3 Å². The molecule has 28 heavy (non-hydrogen) atoms. The van der Waals surface area contributed by atoms with Crippen molar-refractivity contribution in [2.24, 2.45) is 7.05 Å². The minimum Gasteiger partial charge on any atom is -0.497 e. The van der Waals surface area contributed by atoms with Crippen LogP contribution in [0.1, 0.15) is 39.7 Å². The number of carbonyl (C=O) groups is 1. The normalized spacial score (nSPS) is 15.7. The van der Waals surface area contributed by atoms with Gasteiger partial charge in [0.1, 0.15) is 11.4 Å². The predicted molar refractivity (Wildman–Crippen MR) is 106 cm³/mol. The number of benzene rings is 1. The maximum absolute atomic E-state index is 12.8. The molecule has 1 aliphatic heterocycles. The SMILES string of the molecule is COc1ccc2c(c1)n(C)c(=O)c(=O)n2C1CCN(C(=O)OC(C)(C)C)CC1. The van der Waals surface area contributed by atoms with Gasteiger partial charge in [0.05, 0.1) is 18.1 Å². The molecule has 8 nitrogen and oxygen atoms in total. The number of aromatic nitrogens is 2. The van der Waals surface area contributed by atoms with Crippen molar-refractivity contribution in [2.75, 3.05) is 20.2 Å². The second-order valence-electron chi connectivity index (χ2n) is 8.09. The van der Waals surface area contributed by atoms with Gasteiger partial charge in [-0.3, -0.25) is 14.2 Å². The van der Waals surface area contributed by atoms with Crippen LogP contribution in [-0.2, 0) is 11.8 Å². The van der Waals surface area contributed by atoms with Crippen molar-refractivity contribution in [1.82, 2.24) is 14.0 Å². The van der Waals surface area contributed by atoms with Gasteiger partial charge >= 0.3 is 17.2 Å². The molecule has 1 aromatic heterocycles. The van der Waals surface area contributed by atoms with E-state index in [1.54, 1.807) is 41.8 Å². The van der Waals surface area contributed by atoms with E-state index >= 15 is 0 Å². The fraction of sp³-hybridized carbons (Fsp3) is 0.550. The Labute approximate surface area is 163 Å². The highest BCUT2D eigenvalue weighted by Crippen LogP contribution is 2.27. The topological polar surface area (TPSA) is 82.8 Å². The van der Waals surface area contributed by atoms with E-state index in [9.17, 15) is 14.4 Å². The number of rotatable bonds is 2. The fourth-order valence-corrected chi connectivity index (χ4v) is 3.56. The summed E-state index contributed by atoms with van der Waals surface area (Å²) >= 11 is 0. The van der Waals surface area contributed by atoms with Gasteiger partial charge in [-0.2, -0.15) is 0 Å². The Bertz CT molecular complexity index is 1010. The van der Waals surface area contributed by atoms with Crippen LogP contribution in [0, 0.1) is 0 Å². The van der Waals surface area contributed by atoms with Gasteiger partial charge in [0, 0.05) is 32.2 Å². The number of aryl methyl sites for hydroxylation is 1. The average molecular weight is 389 g/mol. The van der Waals surface area contributed by atoms with Gasteiger partial charge in [-0.05, 0) is 45.7 Å². The molecule has 1 aromatic carbocycles. The monoisotopic (exact) mass is 389 g/mol. The summed E-state index contributed by atoms with van der Waals surface area (Å²) in [5, 5.41) is 0. The summed E-state index contributed by atoms with van der Waals surface area (Å²) < 4.78 is 13.6. The Balaban J connectivity index is 1.92. The average Bonchev–Trinajstić information content (AvgIpc) is 2.65. The molecule has 1 aliphatic rings. The number of amides is 1. The van der Waals surface area contributed by atoms with Gasteiger partial charge in [0.25, 0.3) is 0 Å². The molecular weight excluding hydrogens is 362 g/mol. The fourth-order valence-electron chi connectivity index (χ4n) is 3.56. The molecular formula is C20H27N3O5. The van der Waals surface area contributed by atoms with Crippen LogP contribution in [0.5, 0.6) is 5.75 Å². The van der Waals surface area contributed by atoms with Crippen LogP contribution < -0.4 is 15.9 Å². The molecule has 1 amide bonds. The minimum atomic E-state index is -0.574. The summed E-state index contributed by atoms with van der Waals surface area (Å²) in [6, 6.07) is 5.17. The van der Waals surface area contributed by atoms with Crippen LogP contribution in [0.15, 0.2) is 27.8 Å². The lowest BCUT2D eigenvalue weighted by Crippen LogP contribution is -2.46. The zero-order valence-electron chi connectivity index (χ0n) is 17.0. The highest BCUT2D eigenvalue weighted by molar-refractivity contribution is 5.77. The molecule has 0 aliphatic carbocycles. The molecule has 2 aromatic rings. The number of fused-ring (bicyclic) bond motifs is 1. The van der Waals surface area contributed by atoms with E-state index < -0.39 is 16.7 Å². The number of hydrogen-bond donors (Lipinski definition) is 0. The minimum absolute atomic E-state index is 0.156. The van der Waals surface area contributed by atoms with Gasteiger partial charge in [0.2, 0.25) is 0 Å². The summed E-state index contributed by atoms with van der Waals surface area (Å²) in [5.41, 5.74) is -0.348. The second kappa shape index (κ2) is 7.33. The molecule has 1 fully saturated rings. The van der Waals surface area contributed by atoms with E-state index in [4.69, 9.17) is 9.47 Å². The van der Waals surface area contributed by atoms with Crippen molar-refractivity contribution in [3.8, 4) is 5.75 Å². The molecule has 152 valence electrons. The number of likely N-dealkylation sites (tertiary alicyclic amines) is 1. The Morgan fingerprint density at radius 2 is 1.71 bits per heavy atom. The lowest BCUT2D eigenvalue weighted by molar-refractivity contribution is 0.0188. The molecule has 0 radical (unpaired) electrons. The molecule has 0 bridgehead atoms. The first-order chi connectivity index (χ1) is 13.1. The van der Waals surface area contributed by atoms with Crippen LogP contribution in [0.3, 0.4) is 0 Å². The number of ether oxygens (including phenoxy) is 2. The van der Waals surface area contributed by atoms with Crippen molar-refractivity contribution in [3.05, 3.63) is 38.9 Å². The van der Waals surface area contributed by atoms with E-state index in [0.717, 1.165) is 0 Å². The molecule has 2 heterocycles. The van der Waals surface area contributed by atoms with Gasteiger partial charge in [-0.15, -0.1) is 0 Å². The summed E-state index contributed by atoms with van der Waals surface area (Å²) in [6.45, 7) is 6.43. The Hall–Kier alpha value is -2.77. The lowest BCUT2D eigenvalue weighted by Gasteiger charge is -2.34. The zero-order chi connectivity index (χ0) is 20.6. The molecule has 0 unspecified atom stereocenters. The van der Waals surface area contributed by atoms with Crippen molar-refractivity contribution in [3.63, 3.8) is 0 Å². The Kier molecular flexibility index (Phi) is 5.23. The zero-order valence-corrected chi connectivity index (χ0v) is 17.0. The van der Waals surface area contributed by atoms with E-state index in [0.29, 0.717) is 42.7 Å². The van der Waals surface area contributed by atoms with Crippen LogP contribution in [0.4, 0.5) is 4.79 Å². The Morgan fingerprint density at radius 3 is 2.29 bits per heavy atom. The second-order valence-corrected chi connectivity index (χ2v) is 8.09. The molecule has 8 heteroatoms. The van der Waals surface area contributed by atoms with E-state index in [1.165, 1.54) is 4.57 Å². The number of methoxy groups -OCH3 is 1. The quantitative estimate of drug-likeness (QED) is 0.736. The first-order valence-electron chi connectivity index (χ1n) is 9.39. The van der Waals surface area contributed by atoms with Crippen molar-refractivity contribution in [1.29, 1.82) is 0 Å². The van der Waals surface area contributed by atoms with Gasteiger partial charge in [0.15, 0.2) is 0 Å². The van der Waals surface area contributed by atoms with E-state index in [2.05, 4.69) is 0 Å². The summed E-state index contributed by atoms with van der Waals surface area (Å²) in [7, 11) is 3.14. The van der Waals surface area contributed by atoms with Crippen LogP contribution in [-0.4, -0.2) is 45.9 Å². The third-order valence-corrected chi connectivity index (χ3v) is 4.99. The number of carbonyl (C=O) groups excluding carboxylic acids is 1. The third kappa shape index (κ3) is 3.76. The molecule has 0 saturated carbocycles. The smallest absolute Gasteiger partial charge is 0.410 e. The number of piperidine rings is 1. The summed E-state index contributed by atoms with van der Waals surface area (Å²) in [5.74, 6) is 0.618. The highest BCUT2D eigenvalue weighted by atomic mass is 16.6. The predicted octanol–water partition coefficient (Wildman–Crippen LogP) is 2.28. The van der Waals surface area contributed by atoms with Crippen molar-refractivity contribution >= 4 is 17.1 Å². The van der Waals surface area contributed by atoms with Gasteiger partial charge in [-0.25, -0.2) is 4.79 Å². The Morgan fingerprint density at radius 1 is 1.07 bits per heavy atom. The molecule has 0 atom stereocenters. The number of hydrogen-bond acceptors (Lipinski definition) is 5. The van der Waals surface area contributed by atoms with Crippen LogP contribution in [0.25, 0.3) is 11.0 Å². The van der Waals surface area contributed by atoms with Crippen molar-refractivity contribution in [2.45, 2.75) is 45.3 Å². The molecule has 3 rings (SSSR count). The first-order valence-corrected chi connectivity index (χ1v) is 9.39. The summed E-state index contributed by atoms with van der Waals surface area (Å²) in [4.78, 5) is 39.2. The van der Waals surface area contributed by atoms with Crippen LogP contribution in [0.2, 0.25) is 0 Å². The molecule has 0 spiro atoms. The maximum atomic E-state index is 12.8. The highest BCUT2D eigenvalue weighted by Gasteiger charge is 2.29. The van der Waals surface area contributed by atoms with Gasteiger partial charge in [-0.1, -0.05) is 0 Å². The largest absolute Gasteiger partial charge is 0.497 e. The maximum Gasteiger partial charge on any atom is 0.410 e. The molecule has 0 N–H and O–H groups in total.